The zero-order valence-corrected chi connectivity index (χ0v) is 15.5. The summed E-state index contributed by atoms with van der Waals surface area (Å²) in [7, 11) is 0. The lowest BCUT2D eigenvalue weighted by molar-refractivity contribution is -0.116. The van der Waals surface area contributed by atoms with Gasteiger partial charge in [0, 0.05) is 29.8 Å². The van der Waals surface area contributed by atoms with Crippen molar-refractivity contribution in [3.63, 3.8) is 0 Å². The van der Waals surface area contributed by atoms with Gasteiger partial charge in [-0.3, -0.25) is 9.59 Å². The zero-order valence-electron chi connectivity index (χ0n) is 14.7. The van der Waals surface area contributed by atoms with Crippen LogP contribution < -0.4 is 10.9 Å². The van der Waals surface area contributed by atoms with Crippen LogP contribution in [0.2, 0.25) is 5.02 Å². The molecule has 1 aliphatic rings. The van der Waals surface area contributed by atoms with Crippen molar-refractivity contribution in [3.8, 4) is 0 Å². The highest BCUT2D eigenvalue weighted by molar-refractivity contribution is 6.30. The zero-order chi connectivity index (χ0) is 18.8. The van der Waals surface area contributed by atoms with Crippen LogP contribution in [0, 0.1) is 0 Å². The number of nitrogens with one attached hydrogen (secondary N) is 1. The number of benzene rings is 2. The summed E-state index contributed by atoms with van der Waals surface area (Å²) in [6, 6.07) is 15.3. The molecule has 0 fully saturated rings. The van der Waals surface area contributed by atoms with E-state index in [0.717, 1.165) is 35.9 Å². The normalized spacial score (nSPS) is 13.2. The van der Waals surface area contributed by atoms with Crippen molar-refractivity contribution in [2.75, 3.05) is 0 Å². The van der Waals surface area contributed by atoms with E-state index in [9.17, 15) is 9.59 Å². The smallest absolute Gasteiger partial charge is 0.258 e. The second-order valence-electron chi connectivity index (χ2n) is 6.69. The van der Waals surface area contributed by atoms with Crippen molar-refractivity contribution in [2.45, 2.75) is 25.9 Å². The van der Waals surface area contributed by atoms with Crippen LogP contribution in [0.25, 0.3) is 17.0 Å². The Kier molecular flexibility index (Phi) is 4.82. The van der Waals surface area contributed by atoms with E-state index < -0.39 is 0 Å². The number of aromatic nitrogens is 1. The molecule has 1 N–H and O–H groups in total. The summed E-state index contributed by atoms with van der Waals surface area (Å²) >= 11 is 5.86. The van der Waals surface area contributed by atoms with E-state index in [4.69, 9.17) is 11.6 Å². The molecule has 0 radical (unpaired) electrons. The van der Waals surface area contributed by atoms with Crippen molar-refractivity contribution < 1.29 is 4.79 Å². The van der Waals surface area contributed by atoms with Gasteiger partial charge in [-0.25, -0.2) is 0 Å². The second-order valence-corrected chi connectivity index (χ2v) is 7.13. The third-order valence-corrected chi connectivity index (χ3v) is 5.10. The number of para-hydroxylation sites is 1. The van der Waals surface area contributed by atoms with Gasteiger partial charge in [0.2, 0.25) is 5.91 Å². The van der Waals surface area contributed by atoms with E-state index in [0.29, 0.717) is 17.1 Å². The van der Waals surface area contributed by atoms with Crippen molar-refractivity contribution >= 4 is 34.5 Å². The molecular formula is C22H19ClN2O2. The van der Waals surface area contributed by atoms with Gasteiger partial charge in [-0.1, -0.05) is 41.9 Å². The van der Waals surface area contributed by atoms with Gasteiger partial charge < -0.3 is 9.88 Å². The molecule has 1 amide bonds. The first-order chi connectivity index (χ1) is 13.1. The predicted octanol–water partition coefficient (Wildman–Crippen LogP) is 3.93. The third kappa shape index (κ3) is 3.67. The molecule has 3 aromatic rings. The highest BCUT2D eigenvalue weighted by Crippen LogP contribution is 2.24. The minimum absolute atomic E-state index is 0.0450. The summed E-state index contributed by atoms with van der Waals surface area (Å²) in [5.41, 5.74) is 3.69. The highest BCUT2D eigenvalue weighted by atomic mass is 35.5. The first kappa shape index (κ1) is 17.6. The molecule has 27 heavy (non-hydrogen) atoms. The van der Waals surface area contributed by atoms with E-state index in [-0.39, 0.29) is 11.5 Å². The van der Waals surface area contributed by atoms with Crippen LogP contribution in [0.3, 0.4) is 0 Å². The number of nitrogens with zero attached hydrogens (tertiary/aromatic N) is 1. The average molecular weight is 379 g/mol. The monoisotopic (exact) mass is 378 g/mol. The lowest BCUT2D eigenvalue weighted by Crippen LogP contribution is -2.26. The summed E-state index contributed by atoms with van der Waals surface area (Å²) in [6.45, 7) is 1.13. The SMILES string of the molecule is O=C(/C=C/c1cc2cccc3c2n(c1=O)CCC3)NCc1ccc(Cl)cc1. The minimum Gasteiger partial charge on any atom is -0.348 e. The summed E-state index contributed by atoms with van der Waals surface area (Å²) in [5.74, 6) is -0.239. The van der Waals surface area contributed by atoms with Crippen LogP contribution in [-0.4, -0.2) is 10.5 Å². The maximum Gasteiger partial charge on any atom is 0.258 e. The third-order valence-electron chi connectivity index (χ3n) is 4.85. The molecule has 0 aliphatic carbocycles. The van der Waals surface area contributed by atoms with Crippen molar-refractivity contribution in [1.82, 2.24) is 9.88 Å². The molecule has 4 nitrogen and oxygen atoms in total. The first-order valence-electron chi connectivity index (χ1n) is 8.97. The average Bonchev–Trinajstić information content (AvgIpc) is 2.69. The van der Waals surface area contributed by atoms with E-state index in [2.05, 4.69) is 11.4 Å². The summed E-state index contributed by atoms with van der Waals surface area (Å²) in [5, 5.41) is 4.51. The van der Waals surface area contributed by atoms with Crippen LogP contribution in [0.4, 0.5) is 0 Å². The summed E-state index contributed by atoms with van der Waals surface area (Å²) < 4.78 is 1.83. The Morgan fingerprint density at radius 2 is 2.00 bits per heavy atom. The van der Waals surface area contributed by atoms with Crippen molar-refractivity contribution in [2.24, 2.45) is 0 Å². The standard InChI is InChI=1S/C22H19ClN2O2/c23-19-9-6-15(7-10-19)14-24-20(26)11-8-18-13-17-4-1-3-16-5-2-12-25(21(16)17)22(18)27/h1,3-4,6-11,13H,2,5,12,14H2,(H,24,26)/b11-8+. The summed E-state index contributed by atoms with van der Waals surface area (Å²) in [4.78, 5) is 24.9. The number of carbonyl (C=O) groups excluding carboxylic acids is 1. The van der Waals surface area contributed by atoms with Crippen LogP contribution in [0.5, 0.6) is 0 Å². The number of amides is 1. The molecule has 2 aromatic carbocycles. The Morgan fingerprint density at radius 1 is 1.19 bits per heavy atom. The molecule has 0 saturated heterocycles. The number of carbonyl (C=O) groups is 1. The fraction of sp³-hybridized carbons (Fsp3) is 0.182. The topological polar surface area (TPSA) is 51.1 Å². The van der Waals surface area contributed by atoms with Gasteiger partial charge in [0.1, 0.15) is 0 Å². The fourth-order valence-electron chi connectivity index (χ4n) is 3.52. The summed E-state index contributed by atoms with van der Waals surface area (Å²) in [6.07, 6.45) is 4.97. The molecule has 0 spiro atoms. The molecule has 2 heterocycles. The number of halogens is 1. The van der Waals surface area contributed by atoms with Gasteiger partial charge in [-0.2, -0.15) is 0 Å². The molecule has 1 aliphatic heterocycles. The Balaban J connectivity index is 1.54. The van der Waals surface area contributed by atoms with Gasteiger partial charge >= 0.3 is 0 Å². The lowest BCUT2D eigenvalue weighted by atomic mass is 10.00. The molecular weight excluding hydrogens is 360 g/mol. The first-order valence-corrected chi connectivity index (χ1v) is 9.35. The van der Waals surface area contributed by atoms with Gasteiger partial charge in [0.15, 0.2) is 0 Å². The maximum absolute atomic E-state index is 12.8. The minimum atomic E-state index is -0.239. The molecule has 0 bridgehead atoms. The van der Waals surface area contributed by atoms with Crippen molar-refractivity contribution in [3.05, 3.63) is 86.7 Å². The van der Waals surface area contributed by atoms with Crippen LogP contribution in [0.15, 0.2) is 59.4 Å². The van der Waals surface area contributed by atoms with Crippen LogP contribution >= 0.6 is 11.6 Å². The highest BCUT2D eigenvalue weighted by Gasteiger charge is 2.15. The number of pyridine rings is 1. The lowest BCUT2D eigenvalue weighted by Gasteiger charge is -2.19. The van der Waals surface area contributed by atoms with Crippen LogP contribution in [-0.2, 0) is 24.3 Å². The van der Waals surface area contributed by atoms with Gasteiger partial charge in [-0.15, -0.1) is 0 Å². The van der Waals surface area contributed by atoms with E-state index in [1.54, 1.807) is 18.2 Å². The maximum atomic E-state index is 12.8. The quantitative estimate of drug-likeness (QED) is 0.699. The predicted molar refractivity (Wildman–Crippen MR) is 109 cm³/mol. The Hall–Kier alpha value is -2.85. The van der Waals surface area contributed by atoms with Gasteiger partial charge in [0.25, 0.3) is 5.56 Å². The number of hydrogen-bond donors (Lipinski definition) is 1. The molecule has 0 atom stereocenters. The second kappa shape index (κ2) is 7.41. The Bertz CT molecular complexity index is 1100. The number of hydrogen-bond acceptors (Lipinski definition) is 2. The molecule has 1 aromatic heterocycles. The van der Waals surface area contributed by atoms with Gasteiger partial charge in [0.05, 0.1) is 5.52 Å². The molecule has 0 saturated carbocycles. The molecule has 4 rings (SSSR count). The Morgan fingerprint density at radius 3 is 2.81 bits per heavy atom. The molecule has 0 unspecified atom stereocenters. The fourth-order valence-corrected chi connectivity index (χ4v) is 3.65. The van der Waals surface area contributed by atoms with Gasteiger partial charge in [-0.05, 0) is 53.6 Å². The number of aryl methyl sites for hydroxylation is 2. The van der Waals surface area contributed by atoms with E-state index in [1.807, 2.05) is 34.9 Å². The van der Waals surface area contributed by atoms with Crippen LogP contribution in [0.1, 0.15) is 23.1 Å². The largest absolute Gasteiger partial charge is 0.348 e. The Labute approximate surface area is 162 Å². The molecule has 136 valence electrons. The number of rotatable bonds is 4. The van der Waals surface area contributed by atoms with E-state index in [1.165, 1.54) is 11.6 Å². The van der Waals surface area contributed by atoms with Crippen molar-refractivity contribution in [1.29, 1.82) is 0 Å². The molecule has 5 heteroatoms. The van der Waals surface area contributed by atoms with E-state index >= 15 is 0 Å².